The van der Waals surface area contributed by atoms with E-state index in [1.54, 1.807) is 11.5 Å². The summed E-state index contributed by atoms with van der Waals surface area (Å²) in [7, 11) is 0. The summed E-state index contributed by atoms with van der Waals surface area (Å²) >= 11 is 1.68. The largest absolute Gasteiger partial charge is 0.233 e. The van der Waals surface area contributed by atoms with E-state index in [-0.39, 0.29) is 0 Å². The van der Waals surface area contributed by atoms with E-state index in [1.807, 2.05) is 6.07 Å². The zero-order valence-electron chi connectivity index (χ0n) is 11.4. The SMILES string of the molecule is c1ccc(-[n+]2ccc(-c3[nH+]sc4ccccc34)cc2)cc1. The Balaban J connectivity index is 1.77. The minimum atomic E-state index is 1.17. The number of benzene rings is 2. The molecule has 0 bridgehead atoms. The lowest BCUT2D eigenvalue weighted by atomic mass is 10.1. The van der Waals surface area contributed by atoms with Gasteiger partial charge >= 0.3 is 0 Å². The van der Waals surface area contributed by atoms with Gasteiger partial charge in [-0.1, -0.05) is 30.3 Å². The Kier molecular flexibility index (Phi) is 2.98. The zero-order chi connectivity index (χ0) is 14.1. The van der Waals surface area contributed by atoms with Crippen LogP contribution in [0, 0.1) is 0 Å². The molecule has 21 heavy (non-hydrogen) atoms. The van der Waals surface area contributed by atoms with Crippen LogP contribution in [0.5, 0.6) is 0 Å². The number of hydrogen-bond acceptors (Lipinski definition) is 1. The standard InChI is InChI=1S/C18H13N2S/c1-2-6-15(7-3-1)20-12-10-14(11-13-20)18-16-8-4-5-9-17(16)21-19-18/h1-13H/q+1/p+1. The molecule has 2 aromatic carbocycles. The molecule has 4 rings (SSSR count). The summed E-state index contributed by atoms with van der Waals surface area (Å²) in [5.41, 5.74) is 3.57. The second-order valence-electron chi connectivity index (χ2n) is 4.90. The number of pyridine rings is 1. The molecule has 0 amide bonds. The number of aromatic amines is 1. The van der Waals surface area contributed by atoms with Crippen LogP contribution in [0.2, 0.25) is 0 Å². The van der Waals surface area contributed by atoms with Gasteiger partial charge in [-0.25, -0.2) is 0 Å². The van der Waals surface area contributed by atoms with E-state index >= 15 is 0 Å². The van der Waals surface area contributed by atoms with Crippen LogP contribution in [0.15, 0.2) is 79.1 Å². The summed E-state index contributed by atoms with van der Waals surface area (Å²) in [4.78, 5) is 0. The van der Waals surface area contributed by atoms with E-state index in [9.17, 15) is 0 Å². The molecule has 100 valence electrons. The van der Waals surface area contributed by atoms with E-state index in [0.29, 0.717) is 0 Å². The van der Waals surface area contributed by atoms with Crippen LogP contribution >= 0.6 is 11.5 Å². The Morgan fingerprint density at radius 3 is 2.29 bits per heavy atom. The molecule has 0 spiro atoms. The fraction of sp³-hybridized carbons (Fsp3) is 0. The van der Waals surface area contributed by atoms with Crippen LogP contribution < -0.4 is 8.94 Å². The minimum absolute atomic E-state index is 1.17. The van der Waals surface area contributed by atoms with Gasteiger partial charge in [0.05, 0.1) is 10.9 Å². The predicted molar refractivity (Wildman–Crippen MR) is 85.3 cm³/mol. The Morgan fingerprint density at radius 1 is 0.762 bits per heavy atom. The average molecular weight is 290 g/mol. The summed E-state index contributed by atoms with van der Waals surface area (Å²) < 4.78 is 6.83. The van der Waals surface area contributed by atoms with Crippen LogP contribution in [-0.4, -0.2) is 0 Å². The van der Waals surface area contributed by atoms with Gasteiger partial charge < -0.3 is 0 Å². The summed E-state index contributed by atoms with van der Waals surface area (Å²) in [6.45, 7) is 0. The number of nitrogens with zero attached hydrogens (tertiary/aromatic N) is 1. The lowest BCUT2D eigenvalue weighted by Crippen LogP contribution is -2.29. The predicted octanol–water partition coefficient (Wildman–Crippen LogP) is 3.66. The molecular formula is C18H14N2S+2. The first-order valence-electron chi connectivity index (χ1n) is 6.88. The van der Waals surface area contributed by atoms with Gasteiger partial charge in [-0.15, -0.1) is 4.37 Å². The Bertz CT molecular complexity index is 880. The van der Waals surface area contributed by atoms with E-state index in [0.717, 1.165) is 0 Å². The van der Waals surface area contributed by atoms with Crippen LogP contribution in [-0.2, 0) is 0 Å². The first-order chi connectivity index (χ1) is 10.4. The molecule has 2 aromatic heterocycles. The highest BCUT2D eigenvalue weighted by molar-refractivity contribution is 7.09. The van der Waals surface area contributed by atoms with Crippen molar-refractivity contribution in [3.8, 4) is 16.9 Å². The lowest BCUT2D eigenvalue weighted by Gasteiger charge is -1.96. The first-order valence-corrected chi connectivity index (χ1v) is 7.70. The van der Waals surface area contributed by atoms with Crippen molar-refractivity contribution in [3.05, 3.63) is 79.1 Å². The normalized spacial score (nSPS) is 10.9. The monoisotopic (exact) mass is 290 g/mol. The average Bonchev–Trinajstić information content (AvgIpc) is 3.00. The van der Waals surface area contributed by atoms with Gasteiger partial charge in [-0.2, -0.15) is 4.57 Å². The Labute approximate surface area is 127 Å². The molecule has 0 unspecified atom stereocenters. The molecule has 0 aliphatic heterocycles. The smallest absolute Gasteiger partial charge is 0.167 e. The Hall–Kier alpha value is -2.52. The highest BCUT2D eigenvalue weighted by atomic mass is 32.1. The molecule has 2 heterocycles. The maximum atomic E-state index is 3.42. The number of para-hydroxylation sites is 1. The third kappa shape index (κ3) is 2.22. The van der Waals surface area contributed by atoms with Crippen molar-refractivity contribution in [2.45, 2.75) is 0 Å². The van der Waals surface area contributed by atoms with Gasteiger partial charge in [-0.05, 0) is 12.1 Å². The van der Waals surface area contributed by atoms with Gasteiger partial charge in [0.15, 0.2) is 12.4 Å². The molecule has 2 nitrogen and oxygen atoms in total. The van der Waals surface area contributed by atoms with Gasteiger partial charge in [0.1, 0.15) is 16.2 Å². The quantitative estimate of drug-likeness (QED) is 0.502. The van der Waals surface area contributed by atoms with E-state index in [4.69, 9.17) is 0 Å². The summed E-state index contributed by atoms with van der Waals surface area (Å²) in [6.07, 6.45) is 4.20. The van der Waals surface area contributed by atoms with Gasteiger partial charge in [0, 0.05) is 24.3 Å². The van der Waals surface area contributed by atoms with Gasteiger partial charge in [0.2, 0.25) is 11.4 Å². The molecule has 0 fully saturated rings. The van der Waals surface area contributed by atoms with Crippen molar-refractivity contribution >= 4 is 21.6 Å². The second-order valence-corrected chi connectivity index (χ2v) is 5.75. The van der Waals surface area contributed by atoms with Crippen molar-refractivity contribution in [1.29, 1.82) is 0 Å². The molecule has 0 radical (unpaired) electrons. The van der Waals surface area contributed by atoms with Crippen LogP contribution in [0.1, 0.15) is 0 Å². The van der Waals surface area contributed by atoms with Crippen LogP contribution in [0.3, 0.4) is 0 Å². The fourth-order valence-electron chi connectivity index (χ4n) is 2.50. The Morgan fingerprint density at radius 2 is 1.48 bits per heavy atom. The highest BCUT2D eigenvalue weighted by Gasteiger charge is 2.16. The first kappa shape index (κ1) is 12.2. The van der Waals surface area contributed by atoms with Crippen molar-refractivity contribution in [2.24, 2.45) is 0 Å². The summed E-state index contributed by atoms with van der Waals surface area (Å²) in [6, 6.07) is 23.1. The minimum Gasteiger partial charge on any atom is -0.167 e. The molecule has 0 atom stereocenters. The molecule has 3 heteroatoms. The van der Waals surface area contributed by atoms with Gasteiger partial charge in [0.25, 0.3) is 0 Å². The topological polar surface area (TPSA) is 18.0 Å². The van der Waals surface area contributed by atoms with E-state index in [2.05, 4.69) is 82.0 Å². The number of fused-ring (bicyclic) bond motifs is 1. The second kappa shape index (κ2) is 5.11. The number of nitrogens with one attached hydrogen (secondary N) is 1. The number of hydrogen-bond donors (Lipinski definition) is 0. The van der Waals surface area contributed by atoms with Gasteiger partial charge in [-0.3, -0.25) is 0 Å². The third-order valence-electron chi connectivity index (χ3n) is 3.59. The maximum Gasteiger partial charge on any atom is 0.233 e. The molecular weight excluding hydrogens is 276 g/mol. The molecule has 0 saturated heterocycles. The van der Waals surface area contributed by atoms with Crippen molar-refractivity contribution < 1.29 is 8.94 Å². The molecule has 4 aromatic rings. The summed E-state index contributed by atoms with van der Waals surface area (Å²) in [5, 5.41) is 1.28. The van der Waals surface area contributed by atoms with E-state index in [1.165, 1.54) is 27.0 Å². The molecule has 1 N–H and O–H groups in total. The maximum absolute atomic E-state index is 3.42. The number of aromatic nitrogens is 2. The highest BCUT2D eigenvalue weighted by Crippen LogP contribution is 2.26. The number of H-pyrrole nitrogens is 1. The third-order valence-corrected chi connectivity index (χ3v) is 4.47. The molecule has 0 saturated carbocycles. The summed E-state index contributed by atoms with van der Waals surface area (Å²) in [5.74, 6) is 0. The molecule has 0 aliphatic carbocycles. The molecule has 0 aliphatic rings. The van der Waals surface area contributed by atoms with Crippen molar-refractivity contribution in [2.75, 3.05) is 0 Å². The fourth-order valence-corrected chi connectivity index (χ4v) is 3.37. The van der Waals surface area contributed by atoms with E-state index < -0.39 is 0 Å². The zero-order valence-corrected chi connectivity index (χ0v) is 12.2. The van der Waals surface area contributed by atoms with Crippen molar-refractivity contribution in [3.63, 3.8) is 0 Å². The van der Waals surface area contributed by atoms with Crippen molar-refractivity contribution in [1.82, 2.24) is 0 Å². The van der Waals surface area contributed by atoms with Crippen LogP contribution in [0.25, 0.3) is 27.0 Å². The van der Waals surface area contributed by atoms with Crippen LogP contribution in [0.4, 0.5) is 0 Å². The number of rotatable bonds is 2. The lowest BCUT2D eigenvalue weighted by molar-refractivity contribution is -0.595.